The number of hydrogen-bond donors (Lipinski definition) is 0. The molecule has 2 aliphatic rings. The van der Waals surface area contributed by atoms with E-state index in [1.54, 1.807) is 7.11 Å². The van der Waals surface area contributed by atoms with Crippen LogP contribution < -0.4 is 9.47 Å². The second-order valence-electron chi connectivity index (χ2n) is 8.11. The van der Waals surface area contributed by atoms with Gasteiger partial charge in [0.2, 0.25) is 5.91 Å². The summed E-state index contributed by atoms with van der Waals surface area (Å²) >= 11 is 0. The molecule has 29 heavy (non-hydrogen) atoms. The summed E-state index contributed by atoms with van der Waals surface area (Å²) in [5.74, 6) is 2.18. The molecule has 2 heterocycles. The van der Waals surface area contributed by atoms with Crippen LogP contribution in [0.1, 0.15) is 51.5 Å². The largest absolute Gasteiger partial charge is 0.497 e. The Morgan fingerprint density at radius 1 is 1.24 bits per heavy atom. The van der Waals surface area contributed by atoms with Crippen molar-refractivity contribution >= 4 is 11.7 Å². The maximum atomic E-state index is 12.8. The molecule has 1 saturated heterocycles. The number of carbonyl (C=O) groups is 2. The maximum absolute atomic E-state index is 12.8. The molecule has 1 fully saturated rings. The summed E-state index contributed by atoms with van der Waals surface area (Å²) in [6, 6.07) is 5.92. The van der Waals surface area contributed by atoms with Gasteiger partial charge in [0.15, 0.2) is 0 Å². The van der Waals surface area contributed by atoms with E-state index in [0.717, 1.165) is 56.0 Å². The molecule has 160 valence electrons. The van der Waals surface area contributed by atoms with E-state index in [2.05, 4.69) is 11.8 Å². The number of nitrogens with zero attached hydrogens (tertiary/aromatic N) is 2. The molecular formula is C23H34N2O4. The lowest BCUT2D eigenvalue weighted by atomic mass is 9.92. The van der Waals surface area contributed by atoms with Crippen LogP contribution in [0.15, 0.2) is 18.2 Å². The molecular weight excluding hydrogens is 368 g/mol. The number of methoxy groups -OCH3 is 1. The SMILES string of the molecule is CCC(=O)C1CCCN(C(=O)CCN2Cc3cc(OC)ccc3OC(CC)C2)C1. The van der Waals surface area contributed by atoms with E-state index in [-0.39, 0.29) is 23.7 Å². The third kappa shape index (κ3) is 5.50. The molecule has 2 unspecified atom stereocenters. The van der Waals surface area contributed by atoms with Crippen molar-refractivity contribution < 1.29 is 19.1 Å². The van der Waals surface area contributed by atoms with E-state index in [9.17, 15) is 9.59 Å². The summed E-state index contributed by atoms with van der Waals surface area (Å²) in [5, 5.41) is 0. The number of benzene rings is 1. The Balaban J connectivity index is 1.61. The van der Waals surface area contributed by atoms with E-state index in [0.29, 0.717) is 25.9 Å². The van der Waals surface area contributed by atoms with Crippen LogP contribution in [0.3, 0.4) is 0 Å². The van der Waals surface area contributed by atoms with Gasteiger partial charge in [-0.3, -0.25) is 14.5 Å². The predicted octanol–water partition coefficient (Wildman–Crippen LogP) is 3.28. The topological polar surface area (TPSA) is 59.1 Å². The van der Waals surface area contributed by atoms with Crippen LogP contribution in [-0.4, -0.2) is 60.9 Å². The first-order chi connectivity index (χ1) is 14.0. The monoisotopic (exact) mass is 402 g/mol. The van der Waals surface area contributed by atoms with Gasteiger partial charge < -0.3 is 14.4 Å². The van der Waals surface area contributed by atoms with Gasteiger partial charge in [-0.2, -0.15) is 0 Å². The van der Waals surface area contributed by atoms with Crippen molar-refractivity contribution in [3.63, 3.8) is 0 Å². The minimum absolute atomic E-state index is 0.0214. The smallest absolute Gasteiger partial charge is 0.223 e. The summed E-state index contributed by atoms with van der Waals surface area (Å²) < 4.78 is 11.5. The highest BCUT2D eigenvalue weighted by atomic mass is 16.5. The molecule has 1 aromatic carbocycles. The van der Waals surface area contributed by atoms with Crippen LogP contribution in [0.4, 0.5) is 0 Å². The Morgan fingerprint density at radius 2 is 2.07 bits per heavy atom. The fourth-order valence-electron chi connectivity index (χ4n) is 4.28. The van der Waals surface area contributed by atoms with Crippen molar-refractivity contribution in [2.24, 2.45) is 5.92 Å². The van der Waals surface area contributed by atoms with Gasteiger partial charge in [-0.15, -0.1) is 0 Å². The van der Waals surface area contributed by atoms with Gasteiger partial charge in [-0.1, -0.05) is 13.8 Å². The summed E-state index contributed by atoms with van der Waals surface area (Å²) in [6.45, 7) is 7.63. The number of ketones is 1. The molecule has 6 nitrogen and oxygen atoms in total. The first-order valence-corrected chi connectivity index (χ1v) is 10.9. The number of carbonyl (C=O) groups excluding carboxylic acids is 2. The van der Waals surface area contributed by atoms with Crippen molar-refractivity contribution in [3.05, 3.63) is 23.8 Å². The molecule has 0 aliphatic carbocycles. The maximum Gasteiger partial charge on any atom is 0.223 e. The zero-order chi connectivity index (χ0) is 20.8. The number of fused-ring (bicyclic) bond motifs is 1. The quantitative estimate of drug-likeness (QED) is 0.701. The lowest BCUT2D eigenvalue weighted by Crippen LogP contribution is -2.43. The van der Waals surface area contributed by atoms with Gasteiger partial charge in [0.05, 0.1) is 7.11 Å². The van der Waals surface area contributed by atoms with E-state index in [1.165, 1.54) is 0 Å². The van der Waals surface area contributed by atoms with Gasteiger partial charge in [0.1, 0.15) is 23.4 Å². The Morgan fingerprint density at radius 3 is 2.79 bits per heavy atom. The Kier molecular flexibility index (Phi) is 7.53. The molecule has 0 radical (unpaired) electrons. The fraction of sp³-hybridized carbons (Fsp3) is 0.652. The highest BCUT2D eigenvalue weighted by Crippen LogP contribution is 2.30. The molecule has 6 heteroatoms. The fourth-order valence-corrected chi connectivity index (χ4v) is 4.28. The van der Waals surface area contributed by atoms with Gasteiger partial charge in [0.25, 0.3) is 0 Å². The van der Waals surface area contributed by atoms with Gasteiger partial charge >= 0.3 is 0 Å². The number of likely N-dealkylation sites (tertiary alicyclic amines) is 1. The minimum atomic E-state index is 0.0214. The third-order valence-electron chi connectivity index (χ3n) is 6.09. The van der Waals surface area contributed by atoms with Crippen molar-refractivity contribution in [2.75, 3.05) is 33.3 Å². The van der Waals surface area contributed by atoms with E-state index >= 15 is 0 Å². The zero-order valence-electron chi connectivity index (χ0n) is 18.0. The van der Waals surface area contributed by atoms with Crippen molar-refractivity contribution in [1.82, 2.24) is 9.80 Å². The zero-order valence-corrected chi connectivity index (χ0v) is 18.0. The first-order valence-electron chi connectivity index (χ1n) is 10.9. The summed E-state index contributed by atoms with van der Waals surface area (Å²) in [4.78, 5) is 29.1. The molecule has 1 amide bonds. The summed E-state index contributed by atoms with van der Waals surface area (Å²) in [7, 11) is 1.67. The average Bonchev–Trinajstić information content (AvgIpc) is 2.94. The lowest BCUT2D eigenvalue weighted by molar-refractivity contribution is -0.135. The lowest BCUT2D eigenvalue weighted by Gasteiger charge is -2.32. The summed E-state index contributed by atoms with van der Waals surface area (Å²) in [6.07, 6.45) is 3.90. The van der Waals surface area contributed by atoms with Crippen molar-refractivity contribution in [1.29, 1.82) is 0 Å². The van der Waals surface area contributed by atoms with Gasteiger partial charge in [-0.25, -0.2) is 0 Å². The number of amides is 1. The Labute approximate surface area is 174 Å². The van der Waals surface area contributed by atoms with E-state index in [4.69, 9.17) is 9.47 Å². The highest BCUT2D eigenvalue weighted by Gasteiger charge is 2.28. The molecule has 2 atom stereocenters. The first kappa shape index (κ1) is 21.6. The molecule has 1 aromatic rings. The second-order valence-corrected chi connectivity index (χ2v) is 8.11. The number of piperidine rings is 1. The number of rotatable bonds is 7. The van der Waals surface area contributed by atoms with Crippen LogP contribution in [0.2, 0.25) is 0 Å². The molecule has 0 N–H and O–H groups in total. The molecule has 0 spiro atoms. The Hall–Kier alpha value is -2.08. The second kappa shape index (κ2) is 10.1. The molecule has 3 rings (SSSR count). The number of ether oxygens (including phenoxy) is 2. The van der Waals surface area contributed by atoms with Gasteiger partial charge in [-0.05, 0) is 37.5 Å². The number of Topliss-reactive ketones (excluding diaryl/α,β-unsaturated/α-hetero) is 1. The molecule has 0 bridgehead atoms. The third-order valence-corrected chi connectivity index (χ3v) is 6.09. The van der Waals surface area contributed by atoms with Crippen molar-refractivity contribution in [3.8, 4) is 11.5 Å². The minimum Gasteiger partial charge on any atom is -0.497 e. The van der Waals surface area contributed by atoms with E-state index < -0.39 is 0 Å². The van der Waals surface area contributed by atoms with Crippen LogP contribution in [0.25, 0.3) is 0 Å². The molecule has 0 aromatic heterocycles. The Bertz CT molecular complexity index is 721. The van der Waals surface area contributed by atoms with Crippen LogP contribution >= 0.6 is 0 Å². The highest BCUT2D eigenvalue weighted by molar-refractivity contribution is 5.82. The molecule has 0 saturated carbocycles. The molecule has 2 aliphatic heterocycles. The van der Waals surface area contributed by atoms with Crippen LogP contribution in [0, 0.1) is 5.92 Å². The van der Waals surface area contributed by atoms with E-state index in [1.807, 2.05) is 30.0 Å². The van der Waals surface area contributed by atoms with Crippen LogP contribution in [0.5, 0.6) is 11.5 Å². The van der Waals surface area contributed by atoms with Crippen LogP contribution in [-0.2, 0) is 16.1 Å². The van der Waals surface area contributed by atoms with Gasteiger partial charge in [0, 0.05) is 57.0 Å². The number of hydrogen-bond acceptors (Lipinski definition) is 5. The van der Waals surface area contributed by atoms with Crippen molar-refractivity contribution in [2.45, 2.75) is 58.6 Å². The standard InChI is InChI=1S/C23H34N2O4/c1-4-19-16-24(14-18-13-20(28-3)8-9-22(18)29-19)12-10-23(27)25-11-6-7-17(15-25)21(26)5-2/h8-9,13,17,19H,4-7,10-12,14-16H2,1-3H3. The average molecular weight is 403 g/mol. The predicted molar refractivity (Wildman–Crippen MR) is 112 cm³/mol. The normalized spacial score (nSPS) is 22.4. The summed E-state index contributed by atoms with van der Waals surface area (Å²) in [5.41, 5.74) is 1.10.